The molecule has 19 heavy (non-hydrogen) atoms. The summed E-state index contributed by atoms with van der Waals surface area (Å²) in [5.41, 5.74) is 0.238. The quantitative estimate of drug-likeness (QED) is 0.769. The Bertz CT molecular complexity index is 283. The third-order valence-electron chi connectivity index (χ3n) is 4.20. The first kappa shape index (κ1) is 16.5. The largest absolute Gasteiger partial charge is 0.341 e. The van der Waals surface area contributed by atoms with Gasteiger partial charge in [0.1, 0.15) is 0 Å². The van der Waals surface area contributed by atoms with E-state index in [1.54, 1.807) is 0 Å². The van der Waals surface area contributed by atoms with E-state index >= 15 is 0 Å². The lowest BCUT2D eigenvalue weighted by Gasteiger charge is -2.28. The van der Waals surface area contributed by atoms with Crippen LogP contribution in [0, 0.1) is 11.3 Å². The second kappa shape index (κ2) is 7.28. The number of hydrogen-bond acceptors (Lipinski definition) is 2. The zero-order valence-electron chi connectivity index (χ0n) is 13.5. The minimum Gasteiger partial charge on any atom is -0.341 e. The summed E-state index contributed by atoms with van der Waals surface area (Å²) in [7, 11) is 0. The van der Waals surface area contributed by atoms with Crippen molar-refractivity contribution < 1.29 is 4.79 Å². The summed E-state index contributed by atoms with van der Waals surface area (Å²) < 4.78 is 0. The first-order valence-electron chi connectivity index (χ1n) is 7.89. The van der Waals surface area contributed by atoms with E-state index in [4.69, 9.17) is 0 Å². The molecular formula is C16H32N2O. The lowest BCUT2D eigenvalue weighted by molar-refractivity contribution is -0.128. The molecule has 0 aromatic rings. The number of nitrogens with one attached hydrogen (secondary N) is 1. The van der Waals surface area contributed by atoms with Gasteiger partial charge in [-0.2, -0.15) is 0 Å². The first-order chi connectivity index (χ1) is 8.88. The van der Waals surface area contributed by atoms with Crippen molar-refractivity contribution in [3.63, 3.8) is 0 Å². The molecule has 1 amide bonds. The van der Waals surface area contributed by atoms with E-state index in [0.29, 0.717) is 17.9 Å². The molecule has 1 N–H and O–H groups in total. The van der Waals surface area contributed by atoms with E-state index in [9.17, 15) is 4.79 Å². The Morgan fingerprint density at radius 3 is 2.47 bits per heavy atom. The van der Waals surface area contributed by atoms with Crippen molar-refractivity contribution in [2.45, 2.75) is 66.3 Å². The second-order valence-electron chi connectivity index (χ2n) is 7.01. The highest BCUT2D eigenvalue weighted by atomic mass is 16.2. The van der Waals surface area contributed by atoms with Crippen molar-refractivity contribution in [3.05, 3.63) is 0 Å². The Morgan fingerprint density at radius 2 is 2.00 bits per heavy atom. The summed E-state index contributed by atoms with van der Waals surface area (Å²) in [6, 6.07) is 0.465. The van der Waals surface area contributed by atoms with Crippen LogP contribution in [0.3, 0.4) is 0 Å². The fourth-order valence-corrected chi connectivity index (χ4v) is 2.75. The van der Waals surface area contributed by atoms with Crippen molar-refractivity contribution in [2.24, 2.45) is 11.3 Å². The van der Waals surface area contributed by atoms with Crippen LogP contribution in [0.1, 0.15) is 60.3 Å². The number of nitrogens with zero attached hydrogens (tertiary/aromatic N) is 1. The molecule has 0 radical (unpaired) electrons. The summed E-state index contributed by atoms with van der Waals surface area (Å²) >= 11 is 0. The normalized spacial score (nSPS) is 22.1. The lowest BCUT2D eigenvalue weighted by Crippen LogP contribution is -2.42. The van der Waals surface area contributed by atoms with Gasteiger partial charge < -0.3 is 10.2 Å². The Morgan fingerprint density at radius 1 is 1.32 bits per heavy atom. The van der Waals surface area contributed by atoms with E-state index < -0.39 is 0 Å². The van der Waals surface area contributed by atoms with E-state index in [1.165, 1.54) is 6.42 Å². The smallest absolute Gasteiger partial charge is 0.222 e. The number of carbonyl (C=O) groups excluding carboxylic acids is 1. The molecule has 1 saturated heterocycles. The van der Waals surface area contributed by atoms with Gasteiger partial charge in [0.15, 0.2) is 0 Å². The maximum atomic E-state index is 12.1. The number of rotatable bonds is 7. The third-order valence-corrected chi connectivity index (χ3v) is 4.20. The van der Waals surface area contributed by atoms with Crippen LogP contribution in [-0.4, -0.2) is 36.5 Å². The van der Waals surface area contributed by atoms with Crippen LogP contribution < -0.4 is 5.32 Å². The molecule has 0 saturated carbocycles. The Labute approximate surface area is 119 Å². The Kier molecular flexibility index (Phi) is 6.31. The predicted octanol–water partition coefficient (Wildman–Crippen LogP) is 3.05. The lowest BCUT2D eigenvalue weighted by atomic mass is 9.80. The fourth-order valence-electron chi connectivity index (χ4n) is 2.75. The van der Waals surface area contributed by atoms with Gasteiger partial charge in [-0.15, -0.1) is 0 Å². The maximum Gasteiger partial charge on any atom is 0.222 e. The zero-order chi connectivity index (χ0) is 14.5. The Balaban J connectivity index is 2.52. The average Bonchev–Trinajstić information content (AvgIpc) is 2.68. The molecule has 1 aliphatic heterocycles. The van der Waals surface area contributed by atoms with Crippen LogP contribution in [0.4, 0.5) is 0 Å². The number of likely N-dealkylation sites (tertiary alicyclic amines) is 1. The minimum absolute atomic E-state index is 0.238. The van der Waals surface area contributed by atoms with Crippen molar-refractivity contribution in [3.8, 4) is 0 Å². The summed E-state index contributed by atoms with van der Waals surface area (Å²) in [5.74, 6) is 0.854. The van der Waals surface area contributed by atoms with Gasteiger partial charge in [0.05, 0.1) is 0 Å². The van der Waals surface area contributed by atoms with Gasteiger partial charge in [-0.05, 0) is 30.7 Å². The maximum absolute atomic E-state index is 12.1. The number of amides is 1. The van der Waals surface area contributed by atoms with E-state index in [1.807, 2.05) is 0 Å². The molecule has 2 unspecified atom stereocenters. The molecule has 112 valence electrons. The molecule has 0 aromatic carbocycles. The second-order valence-corrected chi connectivity index (χ2v) is 7.01. The van der Waals surface area contributed by atoms with Crippen molar-refractivity contribution in [1.82, 2.24) is 10.2 Å². The molecule has 0 aliphatic carbocycles. The first-order valence-corrected chi connectivity index (χ1v) is 7.89. The molecule has 2 atom stereocenters. The van der Waals surface area contributed by atoms with Gasteiger partial charge >= 0.3 is 0 Å². The molecule has 3 heteroatoms. The van der Waals surface area contributed by atoms with Gasteiger partial charge in [-0.25, -0.2) is 0 Å². The predicted molar refractivity (Wildman–Crippen MR) is 81.1 cm³/mol. The van der Waals surface area contributed by atoms with Gasteiger partial charge in [-0.3, -0.25) is 4.79 Å². The topological polar surface area (TPSA) is 32.3 Å². The van der Waals surface area contributed by atoms with Crippen LogP contribution in [0.25, 0.3) is 0 Å². The third kappa shape index (κ3) is 5.13. The summed E-state index contributed by atoms with van der Waals surface area (Å²) in [6.45, 7) is 14.0. The van der Waals surface area contributed by atoms with Crippen LogP contribution in [0.2, 0.25) is 0 Å². The van der Waals surface area contributed by atoms with Crippen LogP contribution >= 0.6 is 0 Å². The van der Waals surface area contributed by atoms with Gasteiger partial charge in [0.2, 0.25) is 5.91 Å². The summed E-state index contributed by atoms with van der Waals surface area (Å²) in [5, 5.41) is 3.58. The molecular weight excluding hydrogens is 236 g/mol. The van der Waals surface area contributed by atoms with Crippen LogP contribution in [0.15, 0.2) is 0 Å². The average molecular weight is 268 g/mol. The highest BCUT2D eigenvalue weighted by molar-refractivity contribution is 5.78. The fraction of sp³-hybridized carbons (Fsp3) is 0.938. The van der Waals surface area contributed by atoms with E-state index in [0.717, 1.165) is 38.9 Å². The van der Waals surface area contributed by atoms with Gasteiger partial charge in [0, 0.05) is 25.6 Å². The highest BCUT2D eigenvalue weighted by Gasteiger charge is 2.37. The molecule has 1 heterocycles. The van der Waals surface area contributed by atoms with Crippen molar-refractivity contribution >= 4 is 5.91 Å². The van der Waals surface area contributed by atoms with Crippen molar-refractivity contribution in [2.75, 3.05) is 19.6 Å². The van der Waals surface area contributed by atoms with E-state index in [2.05, 4.69) is 44.8 Å². The molecule has 1 aliphatic rings. The zero-order valence-corrected chi connectivity index (χ0v) is 13.5. The summed E-state index contributed by atoms with van der Waals surface area (Å²) in [4.78, 5) is 14.2. The summed E-state index contributed by atoms with van der Waals surface area (Å²) in [6.07, 6.45) is 4.21. The molecule has 1 rings (SSSR count). The van der Waals surface area contributed by atoms with Crippen molar-refractivity contribution in [1.29, 1.82) is 0 Å². The SMILES string of the molecule is CCCNC(CCC)CN1CC(C(C)(C)C)CC1=O. The molecule has 0 aromatic heterocycles. The standard InChI is InChI=1S/C16H32N2O/c1-6-8-14(17-9-7-2)12-18-11-13(10-15(18)19)16(3,4)5/h13-14,17H,6-12H2,1-5H3. The van der Waals surface area contributed by atoms with E-state index in [-0.39, 0.29) is 5.41 Å². The van der Waals surface area contributed by atoms with Crippen LogP contribution in [0.5, 0.6) is 0 Å². The Hall–Kier alpha value is -0.570. The molecule has 3 nitrogen and oxygen atoms in total. The molecule has 0 spiro atoms. The highest BCUT2D eigenvalue weighted by Crippen LogP contribution is 2.34. The van der Waals surface area contributed by atoms with Gasteiger partial charge in [0.25, 0.3) is 0 Å². The number of hydrogen-bond donors (Lipinski definition) is 1. The number of carbonyl (C=O) groups is 1. The molecule has 1 fully saturated rings. The molecule has 0 bridgehead atoms. The monoisotopic (exact) mass is 268 g/mol. The van der Waals surface area contributed by atoms with Crippen LogP contribution in [-0.2, 0) is 4.79 Å². The minimum atomic E-state index is 0.238. The van der Waals surface area contributed by atoms with Gasteiger partial charge in [-0.1, -0.05) is 41.0 Å².